The van der Waals surface area contributed by atoms with E-state index in [0.29, 0.717) is 24.2 Å². The summed E-state index contributed by atoms with van der Waals surface area (Å²) in [5.74, 6) is -0.0697. The molecule has 1 saturated heterocycles. The van der Waals surface area contributed by atoms with E-state index < -0.39 is 0 Å². The normalized spacial score (nSPS) is 25.7. The first-order valence-electron chi connectivity index (χ1n) is 14.3. The van der Waals surface area contributed by atoms with Crippen LogP contribution in [0.25, 0.3) is 11.1 Å². The number of carbonyl (C=O) groups is 2. The molecule has 1 saturated carbocycles. The van der Waals surface area contributed by atoms with Crippen molar-refractivity contribution < 1.29 is 9.59 Å². The van der Waals surface area contributed by atoms with E-state index in [-0.39, 0.29) is 29.7 Å². The summed E-state index contributed by atoms with van der Waals surface area (Å²) in [4.78, 5) is 35.3. The van der Waals surface area contributed by atoms with Crippen LogP contribution < -0.4 is 15.5 Å². The van der Waals surface area contributed by atoms with E-state index in [1.165, 1.54) is 12.8 Å². The first-order chi connectivity index (χ1) is 18.2. The fourth-order valence-electron chi connectivity index (χ4n) is 6.44. The predicted molar refractivity (Wildman–Crippen MR) is 154 cm³/mol. The average Bonchev–Trinajstić information content (AvgIpc) is 2.90. The van der Waals surface area contributed by atoms with Crippen molar-refractivity contribution >= 4 is 17.5 Å². The molecule has 1 aromatic carbocycles. The lowest BCUT2D eigenvalue weighted by molar-refractivity contribution is -0.129. The number of amides is 2. The minimum absolute atomic E-state index is 0.0324. The van der Waals surface area contributed by atoms with Crippen LogP contribution in [0.3, 0.4) is 0 Å². The molecule has 7 nitrogen and oxygen atoms in total. The summed E-state index contributed by atoms with van der Waals surface area (Å²) in [7, 11) is 4.35. The highest BCUT2D eigenvalue weighted by Crippen LogP contribution is 2.35. The van der Waals surface area contributed by atoms with Gasteiger partial charge in [-0.25, -0.2) is 0 Å². The van der Waals surface area contributed by atoms with Crippen LogP contribution in [0.15, 0.2) is 36.7 Å². The fraction of sp³-hybridized carbons (Fsp3) is 0.581. The zero-order valence-electron chi connectivity index (χ0n) is 24.0. The molecule has 38 heavy (non-hydrogen) atoms. The smallest absolute Gasteiger partial charge is 0.251 e. The van der Waals surface area contributed by atoms with Gasteiger partial charge in [0, 0.05) is 54.9 Å². The van der Waals surface area contributed by atoms with Crippen molar-refractivity contribution in [3.8, 4) is 11.1 Å². The standard InChI is InChI=1S/C31H45N5O2/c1-7-36(26-10-8-25(9-11-26)35(5)6)29-18-24(23-12-14-32-15-13-23)17-27(22(29)4)30(37)33-19-28-20(2)16-21(3)34-31(28)38/h12-15,17-18,20-21,25-26,28H,7-11,16,19H2,1-6H3,(H,33,37)(H,34,38). The molecule has 0 spiro atoms. The molecule has 1 aromatic heterocycles. The second-order valence-corrected chi connectivity index (χ2v) is 11.6. The topological polar surface area (TPSA) is 77.6 Å². The Morgan fingerprint density at radius 1 is 1.05 bits per heavy atom. The van der Waals surface area contributed by atoms with Crippen molar-refractivity contribution in [2.75, 3.05) is 32.1 Å². The summed E-state index contributed by atoms with van der Waals surface area (Å²) in [5.41, 5.74) is 4.84. The Kier molecular flexibility index (Phi) is 9.08. The molecule has 206 valence electrons. The Balaban J connectivity index is 1.63. The highest BCUT2D eigenvalue weighted by molar-refractivity contribution is 5.99. The number of nitrogens with zero attached hydrogens (tertiary/aromatic N) is 3. The van der Waals surface area contributed by atoms with Gasteiger partial charge in [0.2, 0.25) is 5.91 Å². The number of aromatic nitrogens is 1. The molecule has 7 heteroatoms. The maximum Gasteiger partial charge on any atom is 0.251 e. The molecular weight excluding hydrogens is 474 g/mol. The Morgan fingerprint density at radius 2 is 1.71 bits per heavy atom. The van der Waals surface area contributed by atoms with Gasteiger partial charge in [-0.15, -0.1) is 0 Å². The van der Waals surface area contributed by atoms with Crippen molar-refractivity contribution in [1.82, 2.24) is 20.5 Å². The SMILES string of the molecule is CCN(c1cc(-c2ccncc2)cc(C(=O)NCC2C(=O)NC(C)CC2C)c1C)C1CCC(N(C)C)CC1. The van der Waals surface area contributed by atoms with Crippen molar-refractivity contribution in [2.45, 2.75) is 77.9 Å². The molecule has 2 aromatic rings. The maximum atomic E-state index is 13.6. The lowest BCUT2D eigenvalue weighted by Gasteiger charge is -2.40. The third-order valence-corrected chi connectivity index (χ3v) is 8.75. The number of rotatable bonds is 8. The van der Waals surface area contributed by atoms with Crippen LogP contribution in [0.4, 0.5) is 5.69 Å². The summed E-state index contributed by atoms with van der Waals surface area (Å²) >= 11 is 0. The number of hydrogen-bond donors (Lipinski definition) is 2. The van der Waals surface area contributed by atoms with Crippen LogP contribution in [-0.2, 0) is 4.79 Å². The fourth-order valence-corrected chi connectivity index (χ4v) is 6.44. The molecule has 2 amide bonds. The summed E-state index contributed by atoms with van der Waals surface area (Å²) in [6, 6.07) is 9.48. The van der Waals surface area contributed by atoms with E-state index in [1.807, 2.05) is 25.1 Å². The molecule has 2 aliphatic rings. The van der Waals surface area contributed by atoms with Gasteiger partial charge in [0.15, 0.2) is 0 Å². The zero-order chi connectivity index (χ0) is 27.4. The molecule has 0 radical (unpaired) electrons. The summed E-state index contributed by atoms with van der Waals surface area (Å²) < 4.78 is 0. The van der Waals surface area contributed by atoms with Crippen LogP contribution >= 0.6 is 0 Å². The van der Waals surface area contributed by atoms with Gasteiger partial charge in [0.05, 0.1) is 5.92 Å². The first kappa shape index (κ1) is 28.1. The summed E-state index contributed by atoms with van der Waals surface area (Å²) in [5, 5.41) is 6.15. The quantitative estimate of drug-likeness (QED) is 0.531. The molecule has 2 heterocycles. The van der Waals surface area contributed by atoms with E-state index in [4.69, 9.17) is 0 Å². The average molecular weight is 520 g/mol. The number of benzene rings is 1. The lowest BCUT2D eigenvalue weighted by atomic mass is 9.84. The monoisotopic (exact) mass is 519 g/mol. The van der Waals surface area contributed by atoms with Crippen molar-refractivity contribution in [1.29, 1.82) is 0 Å². The molecular formula is C31H45N5O2. The van der Waals surface area contributed by atoms with E-state index in [9.17, 15) is 9.59 Å². The third kappa shape index (κ3) is 6.20. The van der Waals surface area contributed by atoms with Gasteiger partial charge in [-0.3, -0.25) is 14.6 Å². The van der Waals surface area contributed by atoms with Crippen LogP contribution in [0.2, 0.25) is 0 Å². The van der Waals surface area contributed by atoms with Crippen molar-refractivity contribution in [3.05, 3.63) is 47.8 Å². The van der Waals surface area contributed by atoms with E-state index >= 15 is 0 Å². The summed E-state index contributed by atoms with van der Waals surface area (Å²) in [6.07, 6.45) is 9.16. The maximum absolute atomic E-state index is 13.6. The number of hydrogen-bond acceptors (Lipinski definition) is 5. The highest BCUT2D eigenvalue weighted by Gasteiger charge is 2.33. The molecule has 2 N–H and O–H groups in total. The first-order valence-corrected chi connectivity index (χ1v) is 14.3. The molecule has 3 atom stereocenters. The van der Waals surface area contributed by atoms with E-state index in [0.717, 1.165) is 48.2 Å². The van der Waals surface area contributed by atoms with Gasteiger partial charge in [0.1, 0.15) is 0 Å². The van der Waals surface area contributed by atoms with Crippen molar-refractivity contribution in [3.63, 3.8) is 0 Å². The number of nitrogens with one attached hydrogen (secondary N) is 2. The van der Waals surface area contributed by atoms with Gasteiger partial charge < -0.3 is 20.4 Å². The minimum Gasteiger partial charge on any atom is -0.369 e. The Bertz CT molecular complexity index is 1110. The van der Waals surface area contributed by atoms with E-state index in [1.54, 1.807) is 12.4 Å². The van der Waals surface area contributed by atoms with Gasteiger partial charge in [-0.05, 0) is 114 Å². The molecule has 1 aliphatic heterocycles. The summed E-state index contributed by atoms with van der Waals surface area (Å²) in [6.45, 7) is 9.64. The van der Waals surface area contributed by atoms with Crippen LogP contribution in [0.5, 0.6) is 0 Å². The Labute approximate surface area is 228 Å². The van der Waals surface area contributed by atoms with Gasteiger partial charge in [-0.2, -0.15) is 0 Å². The number of anilines is 1. The van der Waals surface area contributed by atoms with Gasteiger partial charge >= 0.3 is 0 Å². The molecule has 2 fully saturated rings. The zero-order valence-corrected chi connectivity index (χ0v) is 24.0. The second-order valence-electron chi connectivity index (χ2n) is 11.6. The molecule has 1 aliphatic carbocycles. The molecule has 0 bridgehead atoms. The number of piperidine rings is 1. The van der Waals surface area contributed by atoms with Gasteiger partial charge in [0.25, 0.3) is 5.91 Å². The molecule has 3 unspecified atom stereocenters. The van der Waals surface area contributed by atoms with Crippen LogP contribution in [-0.4, -0.2) is 67.0 Å². The third-order valence-electron chi connectivity index (χ3n) is 8.75. The second kappa shape index (κ2) is 12.3. The highest BCUT2D eigenvalue weighted by atomic mass is 16.2. The van der Waals surface area contributed by atoms with Crippen LogP contribution in [0, 0.1) is 18.8 Å². The Morgan fingerprint density at radius 3 is 2.32 bits per heavy atom. The van der Waals surface area contributed by atoms with Crippen LogP contribution in [0.1, 0.15) is 68.8 Å². The van der Waals surface area contributed by atoms with Gasteiger partial charge in [-0.1, -0.05) is 6.92 Å². The Hall–Kier alpha value is -2.93. The predicted octanol–water partition coefficient (Wildman–Crippen LogP) is 4.65. The number of carbonyl (C=O) groups excluding carboxylic acids is 2. The number of pyridine rings is 1. The largest absolute Gasteiger partial charge is 0.369 e. The minimum atomic E-state index is -0.211. The van der Waals surface area contributed by atoms with E-state index in [2.05, 4.69) is 66.4 Å². The van der Waals surface area contributed by atoms with Crippen molar-refractivity contribution in [2.24, 2.45) is 11.8 Å². The lowest BCUT2D eigenvalue weighted by Crippen LogP contribution is -2.50. The molecule has 4 rings (SSSR count).